The van der Waals surface area contributed by atoms with E-state index in [9.17, 15) is 28.8 Å². The zero-order valence-corrected chi connectivity index (χ0v) is 24.5. The summed E-state index contributed by atoms with van der Waals surface area (Å²) in [5.41, 5.74) is -0.387. The minimum atomic E-state index is -1.10. The van der Waals surface area contributed by atoms with Crippen molar-refractivity contribution in [2.75, 3.05) is 64.7 Å². The standard InChI is InChI=1S/C28H38N4O11/c1-28(2,3)43-27(38)29-9-10-39-11-12-40-13-14-41-15-16-42-17-22(34)30-19-6-4-5-18-23(19)26(37)32(25(18)36)20-7-8-21(33)31-24(20)35/h4-6,20H,7-17H2,1-3H3,(H,29,38)(H,30,34)(H,31,33,35). The van der Waals surface area contributed by atoms with Gasteiger partial charge in [0.25, 0.3) is 11.8 Å². The molecule has 0 radical (unpaired) electrons. The number of hydrogen-bond acceptors (Lipinski definition) is 11. The van der Waals surface area contributed by atoms with Crippen molar-refractivity contribution in [1.82, 2.24) is 15.5 Å². The number of carbonyl (C=O) groups is 6. The number of fused-ring (bicyclic) bond motifs is 1. The second-order valence-corrected chi connectivity index (χ2v) is 10.5. The van der Waals surface area contributed by atoms with Crippen LogP contribution >= 0.6 is 0 Å². The Morgan fingerprint density at radius 1 is 0.907 bits per heavy atom. The highest BCUT2D eigenvalue weighted by molar-refractivity contribution is 6.26. The molecular weight excluding hydrogens is 568 g/mol. The number of benzene rings is 1. The molecule has 0 bridgehead atoms. The van der Waals surface area contributed by atoms with E-state index in [1.54, 1.807) is 20.8 Å². The Hall–Kier alpha value is -3.92. The monoisotopic (exact) mass is 606 g/mol. The number of nitrogens with zero attached hydrogens (tertiary/aromatic N) is 1. The third kappa shape index (κ3) is 10.4. The first-order chi connectivity index (χ1) is 20.5. The summed E-state index contributed by atoms with van der Waals surface area (Å²) in [7, 11) is 0. The van der Waals surface area contributed by atoms with Crippen LogP contribution in [0.2, 0.25) is 0 Å². The number of piperidine rings is 1. The molecule has 1 saturated heterocycles. The molecule has 0 saturated carbocycles. The molecule has 0 spiro atoms. The zero-order chi connectivity index (χ0) is 31.4. The molecule has 43 heavy (non-hydrogen) atoms. The van der Waals surface area contributed by atoms with E-state index in [0.29, 0.717) is 39.6 Å². The Kier molecular flexibility index (Phi) is 12.5. The average molecular weight is 607 g/mol. The lowest BCUT2D eigenvalue weighted by Gasteiger charge is -2.27. The molecule has 15 nitrogen and oxygen atoms in total. The van der Waals surface area contributed by atoms with Crippen LogP contribution in [0.5, 0.6) is 0 Å². The summed E-state index contributed by atoms with van der Waals surface area (Å²) >= 11 is 0. The van der Waals surface area contributed by atoms with Gasteiger partial charge in [-0.05, 0) is 39.3 Å². The molecule has 1 atom stereocenters. The number of carbonyl (C=O) groups excluding carboxylic acids is 6. The quantitative estimate of drug-likeness (QED) is 0.177. The lowest BCUT2D eigenvalue weighted by atomic mass is 10.0. The third-order valence-electron chi connectivity index (χ3n) is 6.01. The summed E-state index contributed by atoms with van der Waals surface area (Å²) in [6, 6.07) is 3.33. The first kappa shape index (κ1) is 33.6. The van der Waals surface area contributed by atoms with Crippen molar-refractivity contribution in [3.8, 4) is 0 Å². The first-order valence-corrected chi connectivity index (χ1v) is 13.9. The predicted molar refractivity (Wildman–Crippen MR) is 149 cm³/mol. The molecule has 3 rings (SSSR count). The van der Waals surface area contributed by atoms with Crippen LogP contribution in [0.1, 0.15) is 54.3 Å². The van der Waals surface area contributed by atoms with Gasteiger partial charge in [-0.25, -0.2) is 4.79 Å². The van der Waals surface area contributed by atoms with Gasteiger partial charge in [-0.2, -0.15) is 0 Å². The molecule has 0 aliphatic carbocycles. The summed E-state index contributed by atoms with van der Waals surface area (Å²) < 4.78 is 26.6. The van der Waals surface area contributed by atoms with Gasteiger partial charge in [-0.1, -0.05) is 6.07 Å². The maximum Gasteiger partial charge on any atom is 0.407 e. The van der Waals surface area contributed by atoms with Gasteiger partial charge in [-0.15, -0.1) is 0 Å². The van der Waals surface area contributed by atoms with Crippen LogP contribution in [0.4, 0.5) is 10.5 Å². The van der Waals surface area contributed by atoms with E-state index in [0.717, 1.165) is 4.90 Å². The Bertz CT molecular complexity index is 1200. The summed E-state index contributed by atoms with van der Waals surface area (Å²) in [6.07, 6.45) is -0.456. The number of nitrogens with one attached hydrogen (secondary N) is 3. The van der Waals surface area contributed by atoms with Gasteiger partial charge in [0.05, 0.1) is 63.1 Å². The van der Waals surface area contributed by atoms with Crippen LogP contribution in [-0.4, -0.2) is 112 Å². The fourth-order valence-corrected chi connectivity index (χ4v) is 4.17. The zero-order valence-electron chi connectivity index (χ0n) is 24.5. The smallest absolute Gasteiger partial charge is 0.407 e. The van der Waals surface area contributed by atoms with Crippen molar-refractivity contribution in [3.63, 3.8) is 0 Å². The van der Waals surface area contributed by atoms with Crippen LogP contribution in [0.25, 0.3) is 0 Å². The maximum atomic E-state index is 13.1. The molecule has 15 heteroatoms. The van der Waals surface area contributed by atoms with Gasteiger partial charge in [0.1, 0.15) is 18.2 Å². The van der Waals surface area contributed by atoms with Crippen LogP contribution in [0.3, 0.4) is 0 Å². The van der Waals surface area contributed by atoms with Gasteiger partial charge in [0, 0.05) is 13.0 Å². The number of amides is 6. The van der Waals surface area contributed by atoms with E-state index >= 15 is 0 Å². The topological polar surface area (TPSA) is 188 Å². The van der Waals surface area contributed by atoms with Crippen LogP contribution in [0.15, 0.2) is 18.2 Å². The second kappa shape index (κ2) is 16.1. The SMILES string of the molecule is CC(C)(C)OC(=O)NCCOCCOCCOCCOCC(=O)Nc1cccc2c1C(=O)N(C1CCC(=O)NC1=O)C2=O. The lowest BCUT2D eigenvalue weighted by molar-refractivity contribution is -0.136. The molecule has 2 aliphatic rings. The third-order valence-corrected chi connectivity index (χ3v) is 6.01. The Labute approximate surface area is 248 Å². The Balaban J connectivity index is 1.25. The van der Waals surface area contributed by atoms with Crippen molar-refractivity contribution >= 4 is 41.3 Å². The largest absolute Gasteiger partial charge is 0.444 e. The predicted octanol–water partition coefficient (Wildman–Crippen LogP) is 0.617. The molecule has 0 aromatic heterocycles. The fraction of sp³-hybridized carbons (Fsp3) is 0.571. The number of anilines is 1. The highest BCUT2D eigenvalue weighted by Gasteiger charge is 2.45. The van der Waals surface area contributed by atoms with E-state index in [1.165, 1.54) is 18.2 Å². The van der Waals surface area contributed by atoms with E-state index < -0.39 is 47.3 Å². The molecule has 2 heterocycles. The van der Waals surface area contributed by atoms with Crippen LogP contribution in [0, 0.1) is 0 Å². The number of imide groups is 2. The summed E-state index contributed by atoms with van der Waals surface area (Å²) in [5.74, 6) is -3.10. The molecule has 1 aromatic rings. The van der Waals surface area contributed by atoms with Crippen molar-refractivity contribution in [2.24, 2.45) is 0 Å². The molecule has 6 amide bonds. The maximum absolute atomic E-state index is 13.1. The van der Waals surface area contributed by atoms with Gasteiger partial charge < -0.3 is 34.3 Å². The van der Waals surface area contributed by atoms with Crippen LogP contribution < -0.4 is 16.0 Å². The minimum absolute atomic E-state index is 0.00838. The highest BCUT2D eigenvalue weighted by Crippen LogP contribution is 2.32. The molecule has 1 unspecified atom stereocenters. The van der Waals surface area contributed by atoms with E-state index in [1.807, 2.05) is 0 Å². The van der Waals surface area contributed by atoms with E-state index in [-0.39, 0.29) is 49.5 Å². The molecular formula is C28H38N4O11. The minimum Gasteiger partial charge on any atom is -0.444 e. The number of rotatable bonds is 16. The van der Waals surface area contributed by atoms with Crippen molar-refractivity contribution < 1.29 is 52.5 Å². The lowest BCUT2D eigenvalue weighted by Crippen LogP contribution is -2.54. The average Bonchev–Trinajstić information content (AvgIpc) is 3.18. The molecule has 1 aromatic carbocycles. The van der Waals surface area contributed by atoms with Gasteiger partial charge in [-0.3, -0.25) is 34.2 Å². The van der Waals surface area contributed by atoms with E-state index in [2.05, 4.69) is 16.0 Å². The van der Waals surface area contributed by atoms with E-state index in [4.69, 9.17) is 23.7 Å². The molecule has 3 N–H and O–H groups in total. The number of hydrogen-bond donors (Lipinski definition) is 3. The van der Waals surface area contributed by atoms with Crippen molar-refractivity contribution in [3.05, 3.63) is 29.3 Å². The second-order valence-electron chi connectivity index (χ2n) is 10.5. The first-order valence-electron chi connectivity index (χ1n) is 13.9. The Morgan fingerprint density at radius 2 is 1.53 bits per heavy atom. The molecule has 2 aliphatic heterocycles. The Morgan fingerprint density at radius 3 is 2.16 bits per heavy atom. The van der Waals surface area contributed by atoms with Crippen molar-refractivity contribution in [1.29, 1.82) is 0 Å². The van der Waals surface area contributed by atoms with Crippen LogP contribution in [-0.2, 0) is 38.1 Å². The van der Waals surface area contributed by atoms with Gasteiger partial charge in [0.15, 0.2) is 0 Å². The van der Waals surface area contributed by atoms with Gasteiger partial charge >= 0.3 is 6.09 Å². The summed E-state index contributed by atoms with van der Waals surface area (Å²) in [6.45, 7) is 7.40. The number of ether oxygens (including phenoxy) is 5. The normalized spacial score (nSPS) is 16.6. The number of alkyl carbamates (subject to hydrolysis) is 1. The molecule has 236 valence electrons. The fourth-order valence-electron chi connectivity index (χ4n) is 4.17. The summed E-state index contributed by atoms with van der Waals surface area (Å²) in [5, 5.41) is 7.31. The van der Waals surface area contributed by atoms with Gasteiger partial charge in [0.2, 0.25) is 17.7 Å². The molecule has 1 fully saturated rings. The van der Waals surface area contributed by atoms with Crippen molar-refractivity contribution in [2.45, 2.75) is 45.3 Å². The highest BCUT2D eigenvalue weighted by atomic mass is 16.6. The summed E-state index contributed by atoms with van der Waals surface area (Å²) in [4.78, 5) is 74.4.